The third kappa shape index (κ3) is 5.71. The highest BCUT2D eigenvalue weighted by molar-refractivity contribution is 7.91. The fraction of sp³-hybridized carbons (Fsp3) is 0.522. The van der Waals surface area contributed by atoms with Crippen LogP contribution in [0, 0.1) is 5.92 Å². The lowest BCUT2D eigenvalue weighted by Crippen LogP contribution is -2.47. The number of carbonyl (C=O) groups excluding carboxylic acids is 1. The molecule has 2 aromatic rings. The van der Waals surface area contributed by atoms with Gasteiger partial charge in [-0.2, -0.15) is 0 Å². The van der Waals surface area contributed by atoms with Crippen molar-refractivity contribution in [1.29, 1.82) is 0 Å². The quantitative estimate of drug-likeness (QED) is 0.655. The van der Waals surface area contributed by atoms with E-state index in [1.54, 1.807) is 11.3 Å². The number of carbonyl (C=O) groups is 1. The summed E-state index contributed by atoms with van der Waals surface area (Å²) in [6.45, 7) is 2.76. The molecule has 1 atom stereocenters. The van der Waals surface area contributed by atoms with Crippen LogP contribution in [0.3, 0.4) is 0 Å². The maximum atomic E-state index is 13.2. The molecular weight excluding hydrogens is 416 g/mol. The number of piperidine rings is 1. The van der Waals surface area contributed by atoms with Crippen molar-refractivity contribution in [3.63, 3.8) is 0 Å². The third-order valence-corrected chi connectivity index (χ3v) is 8.92. The van der Waals surface area contributed by atoms with Crippen LogP contribution in [0.1, 0.15) is 29.7 Å². The van der Waals surface area contributed by atoms with Gasteiger partial charge in [0.1, 0.15) is 0 Å². The molecule has 30 heavy (non-hydrogen) atoms. The second-order valence-electron chi connectivity index (χ2n) is 8.57. The van der Waals surface area contributed by atoms with Gasteiger partial charge in [0, 0.05) is 10.9 Å². The van der Waals surface area contributed by atoms with Gasteiger partial charge in [-0.3, -0.25) is 9.69 Å². The van der Waals surface area contributed by atoms with Crippen molar-refractivity contribution in [2.45, 2.75) is 38.3 Å². The van der Waals surface area contributed by atoms with Gasteiger partial charge in [0.05, 0.1) is 24.6 Å². The number of nitrogens with zero attached hydrogens (tertiary/aromatic N) is 2. The number of thiophene rings is 1. The van der Waals surface area contributed by atoms with Crippen molar-refractivity contribution in [3.05, 3.63) is 58.3 Å². The van der Waals surface area contributed by atoms with Gasteiger partial charge in [0.2, 0.25) is 5.91 Å². The first-order valence-electron chi connectivity index (χ1n) is 10.8. The molecule has 7 heteroatoms. The van der Waals surface area contributed by atoms with Crippen LogP contribution < -0.4 is 0 Å². The van der Waals surface area contributed by atoms with E-state index in [0.29, 0.717) is 25.4 Å². The van der Waals surface area contributed by atoms with Crippen LogP contribution >= 0.6 is 11.3 Å². The molecule has 0 aliphatic carbocycles. The molecule has 1 aromatic carbocycles. The van der Waals surface area contributed by atoms with Crippen LogP contribution in [0.25, 0.3) is 0 Å². The minimum atomic E-state index is -3.03. The smallest absolute Gasteiger partial charge is 0.237 e. The summed E-state index contributed by atoms with van der Waals surface area (Å²) < 4.78 is 24.0. The minimum Gasteiger partial charge on any atom is -0.332 e. The molecule has 0 radical (unpaired) electrons. The highest BCUT2D eigenvalue weighted by atomic mass is 32.2. The highest BCUT2D eigenvalue weighted by Crippen LogP contribution is 2.24. The summed E-state index contributed by atoms with van der Waals surface area (Å²) in [6.07, 6.45) is 3.86. The van der Waals surface area contributed by atoms with Crippen molar-refractivity contribution >= 4 is 27.1 Å². The van der Waals surface area contributed by atoms with Crippen LogP contribution in [-0.4, -0.2) is 61.3 Å². The summed E-state index contributed by atoms with van der Waals surface area (Å²) in [5.74, 6) is 1.02. The van der Waals surface area contributed by atoms with E-state index < -0.39 is 9.84 Å². The van der Waals surface area contributed by atoms with E-state index in [9.17, 15) is 13.2 Å². The van der Waals surface area contributed by atoms with Gasteiger partial charge in [0.15, 0.2) is 9.84 Å². The molecule has 2 saturated heterocycles. The Bertz CT molecular complexity index is 921. The van der Waals surface area contributed by atoms with Gasteiger partial charge in [-0.1, -0.05) is 36.4 Å². The van der Waals surface area contributed by atoms with Crippen LogP contribution in [-0.2, 0) is 27.6 Å². The lowest BCUT2D eigenvalue weighted by atomic mass is 9.90. The molecule has 0 bridgehead atoms. The normalized spacial score (nSPS) is 22.2. The monoisotopic (exact) mass is 446 g/mol. The molecule has 162 valence electrons. The van der Waals surface area contributed by atoms with Crippen LogP contribution in [0.4, 0.5) is 0 Å². The predicted molar refractivity (Wildman–Crippen MR) is 121 cm³/mol. The van der Waals surface area contributed by atoms with E-state index in [4.69, 9.17) is 0 Å². The molecule has 1 aromatic heterocycles. The van der Waals surface area contributed by atoms with Crippen molar-refractivity contribution < 1.29 is 13.2 Å². The number of benzene rings is 1. The largest absolute Gasteiger partial charge is 0.332 e. The first kappa shape index (κ1) is 21.5. The molecule has 2 fully saturated rings. The third-order valence-electron chi connectivity index (χ3n) is 6.31. The number of hydrogen-bond donors (Lipinski definition) is 0. The van der Waals surface area contributed by atoms with Gasteiger partial charge < -0.3 is 4.90 Å². The summed E-state index contributed by atoms with van der Waals surface area (Å²) in [4.78, 5) is 18.4. The van der Waals surface area contributed by atoms with E-state index >= 15 is 0 Å². The molecule has 1 amide bonds. The number of sulfone groups is 1. The minimum absolute atomic E-state index is 0.0620. The molecule has 0 spiro atoms. The summed E-state index contributed by atoms with van der Waals surface area (Å²) in [5.41, 5.74) is 1.39. The Morgan fingerprint density at radius 3 is 2.47 bits per heavy atom. The summed E-state index contributed by atoms with van der Waals surface area (Å²) in [5, 5.41) is 2.00. The number of amides is 1. The molecule has 2 aliphatic heterocycles. The highest BCUT2D eigenvalue weighted by Gasteiger charge is 2.35. The Morgan fingerprint density at radius 2 is 1.83 bits per heavy atom. The zero-order valence-corrected chi connectivity index (χ0v) is 18.9. The SMILES string of the molecule is O=C(CN1CCC(Cc2ccccc2)CC1)N(Cc1cccs1)[C@H]1CCS(=O)(=O)C1. The van der Waals surface area contributed by atoms with Crippen LogP contribution in [0.2, 0.25) is 0 Å². The van der Waals surface area contributed by atoms with E-state index in [1.807, 2.05) is 22.4 Å². The molecular formula is C23H30N2O3S2. The first-order chi connectivity index (χ1) is 14.5. The summed E-state index contributed by atoms with van der Waals surface area (Å²) in [6, 6.07) is 14.4. The lowest BCUT2D eigenvalue weighted by molar-refractivity contribution is -0.135. The number of rotatable bonds is 7. The fourth-order valence-electron chi connectivity index (χ4n) is 4.59. The van der Waals surface area contributed by atoms with Crippen molar-refractivity contribution in [1.82, 2.24) is 9.80 Å². The molecule has 0 saturated carbocycles. The standard InChI is InChI=1S/C23H30N2O3S2/c26-23(17-24-11-8-20(9-12-24)15-19-5-2-1-3-6-19)25(16-22-7-4-13-29-22)21-10-14-30(27,28)18-21/h1-7,13,20-21H,8-12,14-18H2/t21-/m0/s1. The Morgan fingerprint density at radius 1 is 1.07 bits per heavy atom. The predicted octanol–water partition coefficient (Wildman–Crippen LogP) is 3.22. The van der Waals surface area contributed by atoms with Crippen molar-refractivity contribution in [2.24, 2.45) is 5.92 Å². The Kier molecular flexibility index (Phi) is 6.91. The van der Waals surface area contributed by atoms with Gasteiger partial charge in [-0.25, -0.2) is 8.42 Å². The molecule has 2 aliphatic rings. The second kappa shape index (κ2) is 9.62. The average molecular weight is 447 g/mol. The van der Waals surface area contributed by atoms with Crippen molar-refractivity contribution in [2.75, 3.05) is 31.1 Å². The van der Waals surface area contributed by atoms with E-state index in [0.717, 1.165) is 37.2 Å². The van der Waals surface area contributed by atoms with Crippen molar-refractivity contribution in [3.8, 4) is 0 Å². The maximum Gasteiger partial charge on any atom is 0.237 e. The number of likely N-dealkylation sites (tertiary alicyclic amines) is 1. The molecule has 5 nitrogen and oxygen atoms in total. The molecule has 4 rings (SSSR count). The summed E-state index contributed by atoms with van der Waals surface area (Å²) in [7, 11) is -3.03. The fourth-order valence-corrected chi connectivity index (χ4v) is 7.02. The van der Waals surface area contributed by atoms with Gasteiger partial charge >= 0.3 is 0 Å². The molecule has 3 heterocycles. The average Bonchev–Trinajstić information content (AvgIpc) is 3.37. The van der Waals surface area contributed by atoms with Gasteiger partial charge in [-0.15, -0.1) is 11.3 Å². The van der Waals surface area contributed by atoms with E-state index in [2.05, 4.69) is 35.2 Å². The van der Waals surface area contributed by atoms with Gasteiger partial charge in [0.25, 0.3) is 0 Å². The van der Waals surface area contributed by atoms with Gasteiger partial charge in [-0.05, 0) is 61.7 Å². The lowest BCUT2D eigenvalue weighted by Gasteiger charge is -2.34. The van der Waals surface area contributed by atoms with E-state index in [1.165, 1.54) is 5.56 Å². The maximum absolute atomic E-state index is 13.2. The topological polar surface area (TPSA) is 57.7 Å². The number of hydrogen-bond acceptors (Lipinski definition) is 5. The van der Waals surface area contributed by atoms with Crippen LogP contribution in [0.5, 0.6) is 0 Å². The summed E-state index contributed by atoms with van der Waals surface area (Å²) >= 11 is 1.62. The zero-order chi connectivity index (χ0) is 21.0. The first-order valence-corrected chi connectivity index (χ1v) is 13.5. The molecule has 0 N–H and O–H groups in total. The Labute approximate surface area is 183 Å². The zero-order valence-electron chi connectivity index (χ0n) is 17.3. The Hall–Kier alpha value is -1.70. The second-order valence-corrected chi connectivity index (χ2v) is 11.8. The van der Waals surface area contributed by atoms with Crippen LogP contribution in [0.15, 0.2) is 47.8 Å². The Balaban J connectivity index is 1.33. The molecule has 0 unspecified atom stereocenters. The van der Waals surface area contributed by atoms with E-state index in [-0.39, 0.29) is 23.5 Å².